The summed E-state index contributed by atoms with van der Waals surface area (Å²) in [6.45, 7) is -0.728. The number of fused-ring (bicyclic) bond motifs is 1. The third-order valence-electron chi connectivity index (χ3n) is 3.64. The van der Waals surface area contributed by atoms with Crippen LogP contribution in [0.4, 0.5) is 8.78 Å². The lowest BCUT2D eigenvalue weighted by atomic mass is 10.1. The molecule has 0 saturated heterocycles. The van der Waals surface area contributed by atoms with Gasteiger partial charge < -0.3 is 9.72 Å². The molecule has 0 bridgehead atoms. The van der Waals surface area contributed by atoms with Crippen LogP contribution in [0.5, 0.6) is 5.75 Å². The molecule has 1 aromatic heterocycles. The van der Waals surface area contributed by atoms with Gasteiger partial charge in [0.1, 0.15) is 5.75 Å². The molecule has 1 aliphatic rings. The van der Waals surface area contributed by atoms with E-state index in [4.69, 9.17) is 12.2 Å². The largest absolute Gasteiger partial charge is 0.434 e. The van der Waals surface area contributed by atoms with Crippen molar-refractivity contribution in [2.45, 2.75) is 26.1 Å². The molecule has 0 fully saturated rings. The number of nitrogens with zero attached hydrogens (tertiary/aromatic N) is 2. The quantitative estimate of drug-likeness (QED) is 0.877. The van der Waals surface area contributed by atoms with Crippen LogP contribution in [0.3, 0.4) is 0 Å². The minimum atomic E-state index is -2.81. The second-order valence-corrected chi connectivity index (χ2v) is 5.53. The number of aromatic amines is 1. The van der Waals surface area contributed by atoms with Gasteiger partial charge >= 0.3 is 6.61 Å². The predicted octanol–water partition coefficient (Wildman–Crippen LogP) is 3.30. The molecule has 0 saturated carbocycles. The lowest BCUT2D eigenvalue weighted by molar-refractivity contribution is -0.0508. The second-order valence-electron chi connectivity index (χ2n) is 5.14. The van der Waals surface area contributed by atoms with Crippen molar-refractivity contribution in [1.82, 2.24) is 14.9 Å². The Kier molecular flexibility index (Phi) is 4.44. The molecule has 22 heavy (non-hydrogen) atoms. The number of ether oxygens (including phenoxy) is 1. The van der Waals surface area contributed by atoms with Crippen LogP contribution in [-0.4, -0.2) is 28.0 Å². The molecule has 0 unspecified atom stereocenters. The predicted molar refractivity (Wildman–Crippen MR) is 80.3 cm³/mol. The molecule has 0 spiro atoms. The first-order valence-electron chi connectivity index (χ1n) is 6.94. The number of H-pyrrole nitrogens is 1. The number of aromatic nitrogens is 2. The highest BCUT2D eigenvalue weighted by molar-refractivity contribution is 7.71. The Bertz CT molecular complexity index is 720. The first-order chi connectivity index (χ1) is 10.6. The lowest BCUT2D eigenvalue weighted by Gasteiger charge is -2.28. The zero-order valence-electron chi connectivity index (χ0n) is 11.8. The van der Waals surface area contributed by atoms with Crippen molar-refractivity contribution >= 4 is 12.2 Å². The molecule has 4 nitrogen and oxygen atoms in total. The number of nitrogens with one attached hydrogen (secondary N) is 1. The highest BCUT2D eigenvalue weighted by Crippen LogP contribution is 2.24. The van der Waals surface area contributed by atoms with E-state index in [2.05, 4.69) is 19.6 Å². The third-order valence-corrected chi connectivity index (χ3v) is 3.85. The molecule has 3 rings (SSSR count). The molecule has 1 N–H and O–H groups in total. The Morgan fingerprint density at radius 3 is 3.00 bits per heavy atom. The minimum Gasteiger partial charge on any atom is -0.434 e. The molecule has 0 atom stereocenters. The summed E-state index contributed by atoms with van der Waals surface area (Å²) in [7, 11) is 0. The molecule has 116 valence electrons. The Morgan fingerprint density at radius 2 is 2.18 bits per heavy atom. The highest BCUT2D eigenvalue weighted by Gasteiger charge is 2.19. The fourth-order valence-corrected chi connectivity index (χ4v) is 2.80. The van der Waals surface area contributed by atoms with Gasteiger partial charge in [0, 0.05) is 49.1 Å². The van der Waals surface area contributed by atoms with Crippen LogP contribution < -0.4 is 4.74 Å². The van der Waals surface area contributed by atoms with E-state index >= 15 is 0 Å². The molecule has 2 aromatic rings. The van der Waals surface area contributed by atoms with Crippen LogP contribution in [0.1, 0.15) is 16.8 Å². The summed E-state index contributed by atoms with van der Waals surface area (Å²) in [4.78, 5) is 9.38. The Hall–Kier alpha value is -1.86. The average Bonchev–Trinajstić information content (AvgIpc) is 2.49. The van der Waals surface area contributed by atoms with E-state index in [9.17, 15) is 8.78 Å². The maximum Gasteiger partial charge on any atom is 0.387 e. The van der Waals surface area contributed by atoms with Crippen molar-refractivity contribution in [2.24, 2.45) is 0 Å². The third kappa shape index (κ3) is 3.48. The van der Waals surface area contributed by atoms with Crippen molar-refractivity contribution in [3.05, 3.63) is 52.1 Å². The number of hydrogen-bond acceptors (Lipinski definition) is 4. The van der Waals surface area contributed by atoms with Crippen LogP contribution in [0.25, 0.3) is 0 Å². The first-order valence-corrected chi connectivity index (χ1v) is 7.35. The molecule has 0 radical (unpaired) electrons. The lowest BCUT2D eigenvalue weighted by Crippen LogP contribution is -2.31. The van der Waals surface area contributed by atoms with Crippen molar-refractivity contribution in [3.8, 4) is 5.75 Å². The Morgan fingerprint density at radius 1 is 1.36 bits per heavy atom. The SMILES string of the molecule is FC(F)Oc1ccccc1CN1CCc2[nH]c(=S)ncc2C1. The average molecular weight is 323 g/mol. The zero-order chi connectivity index (χ0) is 15.5. The summed E-state index contributed by atoms with van der Waals surface area (Å²) in [5, 5.41) is 0. The van der Waals surface area contributed by atoms with Gasteiger partial charge in [-0.25, -0.2) is 4.98 Å². The van der Waals surface area contributed by atoms with Crippen molar-refractivity contribution in [2.75, 3.05) is 6.54 Å². The molecular weight excluding hydrogens is 308 g/mol. The monoisotopic (exact) mass is 323 g/mol. The fourth-order valence-electron chi connectivity index (χ4n) is 2.63. The summed E-state index contributed by atoms with van der Waals surface area (Å²) >= 11 is 5.02. The summed E-state index contributed by atoms with van der Waals surface area (Å²) in [5.41, 5.74) is 2.95. The maximum absolute atomic E-state index is 12.5. The number of alkyl halides is 2. The molecule has 7 heteroatoms. The van der Waals surface area contributed by atoms with Gasteiger partial charge in [-0.1, -0.05) is 18.2 Å². The van der Waals surface area contributed by atoms with Crippen molar-refractivity contribution < 1.29 is 13.5 Å². The van der Waals surface area contributed by atoms with Gasteiger partial charge in [0.2, 0.25) is 0 Å². The molecule has 2 heterocycles. The number of rotatable bonds is 4. The van der Waals surface area contributed by atoms with E-state index in [1.54, 1.807) is 18.3 Å². The molecular formula is C15H15F2N3OS. The Labute approximate surface area is 131 Å². The van der Waals surface area contributed by atoms with Crippen molar-refractivity contribution in [3.63, 3.8) is 0 Å². The van der Waals surface area contributed by atoms with Gasteiger partial charge in [0.15, 0.2) is 4.77 Å². The van der Waals surface area contributed by atoms with Gasteiger partial charge in [-0.2, -0.15) is 8.78 Å². The molecule has 1 aromatic carbocycles. The van der Waals surface area contributed by atoms with Gasteiger partial charge in [0.25, 0.3) is 0 Å². The number of halogens is 2. The highest BCUT2D eigenvalue weighted by atomic mass is 32.1. The molecule has 1 aliphatic heterocycles. The summed E-state index contributed by atoms with van der Waals surface area (Å²) in [6.07, 6.45) is 2.61. The van der Waals surface area contributed by atoms with E-state index in [0.29, 0.717) is 17.9 Å². The van der Waals surface area contributed by atoms with Gasteiger partial charge in [-0.05, 0) is 18.3 Å². The molecule has 0 aliphatic carbocycles. The normalized spacial score (nSPS) is 14.9. The van der Waals surface area contributed by atoms with Crippen LogP contribution in [-0.2, 0) is 19.5 Å². The van der Waals surface area contributed by atoms with Crippen LogP contribution in [0, 0.1) is 4.77 Å². The van der Waals surface area contributed by atoms with E-state index in [-0.39, 0.29) is 5.75 Å². The standard InChI is InChI=1S/C15H15F2N3OS/c16-14(17)21-13-4-2-1-3-10(13)8-20-6-5-12-11(9-20)7-18-15(22)19-12/h1-4,7,14H,5-6,8-9H2,(H,18,19,22). The number of para-hydroxylation sites is 1. The second kappa shape index (κ2) is 6.50. The van der Waals surface area contributed by atoms with Gasteiger partial charge in [-0.15, -0.1) is 0 Å². The van der Waals surface area contributed by atoms with Gasteiger partial charge in [0.05, 0.1) is 0 Å². The summed E-state index contributed by atoms with van der Waals surface area (Å²) in [5.74, 6) is 0.230. The van der Waals surface area contributed by atoms with Crippen LogP contribution in [0.15, 0.2) is 30.5 Å². The van der Waals surface area contributed by atoms with E-state index < -0.39 is 6.61 Å². The minimum absolute atomic E-state index is 0.230. The maximum atomic E-state index is 12.5. The molecule has 0 amide bonds. The fraction of sp³-hybridized carbons (Fsp3) is 0.333. The summed E-state index contributed by atoms with van der Waals surface area (Å²) in [6, 6.07) is 6.89. The topological polar surface area (TPSA) is 41.1 Å². The first kappa shape index (κ1) is 15.1. The Balaban J connectivity index is 1.75. The van der Waals surface area contributed by atoms with Crippen LogP contribution in [0.2, 0.25) is 0 Å². The number of benzene rings is 1. The van der Waals surface area contributed by atoms with E-state index in [1.165, 1.54) is 0 Å². The van der Waals surface area contributed by atoms with E-state index in [1.807, 2.05) is 12.1 Å². The van der Waals surface area contributed by atoms with Gasteiger partial charge in [-0.3, -0.25) is 4.90 Å². The number of hydrogen-bond donors (Lipinski definition) is 1. The summed E-state index contributed by atoms with van der Waals surface area (Å²) < 4.78 is 30.0. The van der Waals surface area contributed by atoms with Crippen molar-refractivity contribution in [1.29, 1.82) is 0 Å². The zero-order valence-corrected chi connectivity index (χ0v) is 12.6. The van der Waals surface area contributed by atoms with E-state index in [0.717, 1.165) is 29.8 Å². The smallest absolute Gasteiger partial charge is 0.387 e. The van der Waals surface area contributed by atoms with Crippen LogP contribution >= 0.6 is 12.2 Å².